The van der Waals surface area contributed by atoms with Gasteiger partial charge >= 0.3 is 0 Å². The Hall–Kier alpha value is -3.55. The highest BCUT2D eigenvalue weighted by atomic mass is 19.1. The van der Waals surface area contributed by atoms with E-state index in [0.29, 0.717) is 17.1 Å². The maximum Gasteiger partial charge on any atom is 0.273 e. The Balaban J connectivity index is 1.61. The van der Waals surface area contributed by atoms with Gasteiger partial charge in [-0.1, -0.05) is 12.1 Å². The molecule has 3 aromatic rings. The summed E-state index contributed by atoms with van der Waals surface area (Å²) in [5.41, 5.74) is 1.24. The molecule has 0 aliphatic rings. The van der Waals surface area contributed by atoms with Crippen LogP contribution in [0, 0.1) is 5.82 Å². The minimum atomic E-state index is -0.372. The fourth-order valence-electron chi connectivity index (χ4n) is 2.78. The van der Waals surface area contributed by atoms with Crippen molar-refractivity contribution < 1.29 is 13.9 Å². The van der Waals surface area contributed by atoms with Gasteiger partial charge in [0.15, 0.2) is 5.82 Å². The second kappa shape index (κ2) is 9.78. The summed E-state index contributed by atoms with van der Waals surface area (Å²) in [6.45, 7) is 3.99. The van der Waals surface area contributed by atoms with Crippen molar-refractivity contribution >= 4 is 5.91 Å². The quantitative estimate of drug-likeness (QED) is 0.595. The van der Waals surface area contributed by atoms with Crippen molar-refractivity contribution in [1.29, 1.82) is 0 Å². The lowest BCUT2D eigenvalue weighted by Gasteiger charge is -2.08. The highest BCUT2D eigenvalue weighted by molar-refractivity contribution is 5.76. The van der Waals surface area contributed by atoms with E-state index in [-0.39, 0.29) is 48.5 Å². The number of carbonyl (C=O) groups is 1. The van der Waals surface area contributed by atoms with Gasteiger partial charge in [-0.3, -0.25) is 9.59 Å². The first kappa shape index (κ1) is 21.2. The number of nitrogens with one attached hydrogen (secondary N) is 2. The molecule has 1 heterocycles. The summed E-state index contributed by atoms with van der Waals surface area (Å²) in [6.07, 6.45) is 0.390. The number of nitrogens with zero attached hydrogens (tertiary/aromatic N) is 2. The van der Waals surface area contributed by atoms with Crippen LogP contribution in [0.5, 0.6) is 5.75 Å². The van der Waals surface area contributed by atoms with Crippen LogP contribution in [0.15, 0.2) is 53.3 Å². The number of ether oxygens (including phenoxy) is 1. The molecule has 0 aliphatic carbocycles. The van der Waals surface area contributed by atoms with E-state index in [0.717, 1.165) is 5.56 Å². The highest BCUT2D eigenvalue weighted by Gasteiger charge is 2.10. The predicted octanol–water partition coefficient (Wildman–Crippen LogP) is 3.01. The Morgan fingerprint density at radius 2 is 1.93 bits per heavy atom. The lowest BCUT2D eigenvalue weighted by Crippen LogP contribution is -2.31. The number of benzene rings is 2. The molecule has 0 saturated carbocycles. The molecule has 0 unspecified atom stereocenters. The van der Waals surface area contributed by atoms with E-state index in [2.05, 4.69) is 20.5 Å². The normalized spacial score (nSPS) is 10.8. The van der Waals surface area contributed by atoms with E-state index in [9.17, 15) is 14.0 Å². The summed E-state index contributed by atoms with van der Waals surface area (Å²) in [7, 11) is 0. The monoisotopic (exact) mass is 410 g/mol. The molecule has 0 saturated heterocycles. The maximum atomic E-state index is 13.2. The molecule has 1 aromatic heterocycles. The molecule has 0 spiro atoms. The Bertz CT molecular complexity index is 1060. The summed E-state index contributed by atoms with van der Waals surface area (Å²) in [5, 5.41) is 10.8. The third kappa shape index (κ3) is 5.97. The van der Waals surface area contributed by atoms with Gasteiger partial charge in [-0.2, -0.15) is 0 Å². The number of hydrogen-bond donors (Lipinski definition) is 2. The summed E-state index contributed by atoms with van der Waals surface area (Å²) in [4.78, 5) is 26.7. The Labute approximate surface area is 173 Å². The molecule has 7 nitrogen and oxygen atoms in total. The lowest BCUT2D eigenvalue weighted by molar-refractivity contribution is -0.121. The van der Waals surface area contributed by atoms with Crippen LogP contribution in [0.4, 0.5) is 4.39 Å². The zero-order valence-corrected chi connectivity index (χ0v) is 16.8. The minimum Gasteiger partial charge on any atom is -0.489 e. The van der Waals surface area contributed by atoms with E-state index >= 15 is 0 Å². The minimum absolute atomic E-state index is 0.0463. The smallest absolute Gasteiger partial charge is 0.273 e. The average molecular weight is 410 g/mol. The predicted molar refractivity (Wildman–Crippen MR) is 110 cm³/mol. The van der Waals surface area contributed by atoms with Crippen molar-refractivity contribution in [3.63, 3.8) is 0 Å². The van der Waals surface area contributed by atoms with Crippen molar-refractivity contribution in [2.24, 2.45) is 0 Å². The lowest BCUT2D eigenvalue weighted by atomic mass is 10.2. The molecule has 8 heteroatoms. The average Bonchev–Trinajstić information content (AvgIpc) is 2.71. The summed E-state index contributed by atoms with van der Waals surface area (Å²) < 4.78 is 18.9. The number of aryl methyl sites for hydroxylation is 1. The standard InChI is InChI=1S/C22H23FN4O3/c1-14(2)24-20(28)11-10-19-22(29)25-21(27-26-19)16-6-8-18(9-7-16)30-13-15-4-3-5-17(23)12-15/h3-9,12,14H,10-11,13H2,1-2H3,(H,24,28)(H,25,27,29). The summed E-state index contributed by atoms with van der Waals surface area (Å²) in [5.74, 6) is 0.486. The molecule has 0 atom stereocenters. The first-order valence-corrected chi connectivity index (χ1v) is 9.63. The van der Waals surface area contributed by atoms with Crippen molar-refractivity contribution in [3.05, 3.63) is 76.0 Å². The van der Waals surface area contributed by atoms with E-state index in [4.69, 9.17) is 4.74 Å². The topological polar surface area (TPSA) is 97.0 Å². The summed E-state index contributed by atoms with van der Waals surface area (Å²) >= 11 is 0. The Kier molecular flexibility index (Phi) is 6.90. The van der Waals surface area contributed by atoms with Gasteiger partial charge in [-0.25, -0.2) is 4.39 Å². The number of hydrogen-bond acceptors (Lipinski definition) is 5. The highest BCUT2D eigenvalue weighted by Crippen LogP contribution is 2.19. The van der Waals surface area contributed by atoms with Crippen LogP contribution in [-0.2, 0) is 17.8 Å². The van der Waals surface area contributed by atoms with Crippen molar-refractivity contribution in [1.82, 2.24) is 20.5 Å². The second-order valence-corrected chi connectivity index (χ2v) is 7.11. The zero-order valence-electron chi connectivity index (χ0n) is 16.8. The number of aromatic amines is 1. The molecule has 30 heavy (non-hydrogen) atoms. The van der Waals surface area contributed by atoms with Crippen LogP contribution in [-0.4, -0.2) is 27.1 Å². The SMILES string of the molecule is CC(C)NC(=O)CCc1nnc(-c2ccc(OCc3cccc(F)c3)cc2)[nH]c1=O. The van der Waals surface area contributed by atoms with Gasteiger partial charge in [0.05, 0.1) is 0 Å². The molecular weight excluding hydrogens is 387 g/mol. The molecule has 2 N–H and O–H groups in total. The molecule has 0 aliphatic heterocycles. The van der Waals surface area contributed by atoms with E-state index in [1.165, 1.54) is 12.1 Å². The Morgan fingerprint density at radius 1 is 1.17 bits per heavy atom. The fraction of sp³-hybridized carbons (Fsp3) is 0.273. The third-order valence-corrected chi connectivity index (χ3v) is 4.23. The number of aromatic nitrogens is 3. The van der Waals surface area contributed by atoms with Crippen LogP contribution in [0.2, 0.25) is 0 Å². The van der Waals surface area contributed by atoms with Gasteiger partial charge in [0.25, 0.3) is 5.56 Å². The maximum absolute atomic E-state index is 13.2. The molecule has 0 fully saturated rings. The number of rotatable bonds is 8. The number of H-pyrrole nitrogens is 1. The van der Waals surface area contributed by atoms with Crippen LogP contribution in [0.3, 0.4) is 0 Å². The first-order valence-electron chi connectivity index (χ1n) is 9.63. The van der Waals surface area contributed by atoms with Crippen molar-refractivity contribution in [2.75, 3.05) is 0 Å². The van der Waals surface area contributed by atoms with Gasteiger partial charge < -0.3 is 15.0 Å². The van der Waals surface area contributed by atoms with Gasteiger partial charge in [-0.05, 0) is 55.8 Å². The van der Waals surface area contributed by atoms with Gasteiger partial charge in [0, 0.05) is 24.4 Å². The fourth-order valence-corrected chi connectivity index (χ4v) is 2.78. The molecule has 2 aromatic carbocycles. The molecular formula is C22H23FN4O3. The van der Waals surface area contributed by atoms with Gasteiger partial charge in [0.1, 0.15) is 23.9 Å². The van der Waals surface area contributed by atoms with Crippen LogP contribution >= 0.6 is 0 Å². The van der Waals surface area contributed by atoms with Crippen LogP contribution < -0.4 is 15.6 Å². The third-order valence-electron chi connectivity index (χ3n) is 4.23. The molecule has 0 radical (unpaired) electrons. The van der Waals surface area contributed by atoms with E-state index in [1.54, 1.807) is 36.4 Å². The molecule has 1 amide bonds. The largest absolute Gasteiger partial charge is 0.489 e. The van der Waals surface area contributed by atoms with Crippen molar-refractivity contribution in [3.8, 4) is 17.1 Å². The molecule has 3 rings (SSSR count). The molecule has 0 bridgehead atoms. The zero-order chi connectivity index (χ0) is 21.5. The van der Waals surface area contributed by atoms with E-state index in [1.807, 2.05) is 13.8 Å². The van der Waals surface area contributed by atoms with E-state index < -0.39 is 0 Å². The van der Waals surface area contributed by atoms with Gasteiger partial charge in [-0.15, -0.1) is 10.2 Å². The Morgan fingerprint density at radius 3 is 2.60 bits per heavy atom. The number of carbonyl (C=O) groups excluding carboxylic acids is 1. The number of amides is 1. The van der Waals surface area contributed by atoms with Gasteiger partial charge in [0.2, 0.25) is 5.91 Å². The summed E-state index contributed by atoms with van der Waals surface area (Å²) in [6, 6.07) is 13.2. The number of halogens is 1. The first-order chi connectivity index (χ1) is 14.4. The van der Waals surface area contributed by atoms with Crippen LogP contribution in [0.1, 0.15) is 31.5 Å². The molecule has 156 valence electrons. The van der Waals surface area contributed by atoms with Crippen molar-refractivity contribution in [2.45, 2.75) is 39.3 Å². The van der Waals surface area contributed by atoms with Crippen LogP contribution in [0.25, 0.3) is 11.4 Å². The second-order valence-electron chi connectivity index (χ2n) is 7.11.